The fraction of sp³-hybridized carbons (Fsp3) is 0.333. The van der Waals surface area contributed by atoms with E-state index in [1.54, 1.807) is 0 Å². The van der Waals surface area contributed by atoms with Gasteiger partial charge in [0.2, 0.25) is 0 Å². The van der Waals surface area contributed by atoms with E-state index in [4.69, 9.17) is 0 Å². The second kappa shape index (κ2) is 2.84. The van der Waals surface area contributed by atoms with Gasteiger partial charge in [0.15, 0.2) is 0 Å². The van der Waals surface area contributed by atoms with Crippen molar-refractivity contribution < 1.29 is 4.48 Å². The molecule has 0 amide bonds. The Morgan fingerprint density at radius 3 is 2.70 bits per heavy atom. The predicted octanol–water partition coefficient (Wildman–Crippen LogP) is 2.05. The van der Waals surface area contributed by atoms with Crippen LogP contribution >= 0.6 is 0 Å². The van der Waals surface area contributed by atoms with Gasteiger partial charge in [0, 0.05) is 0 Å². The summed E-state index contributed by atoms with van der Waals surface area (Å²) in [6, 6.07) is 0. The minimum absolute atomic E-state index is 0.885. The largest absolute Gasteiger partial charge is 0.269 e. The average Bonchev–Trinajstić information content (AvgIpc) is 2.06. The molecule has 0 aromatic rings. The maximum Gasteiger partial charge on any atom is 0.106 e. The Hall–Kier alpha value is -0.820. The summed E-state index contributed by atoms with van der Waals surface area (Å²) in [7, 11) is 0. The zero-order chi connectivity index (χ0) is 7.45. The molecule has 0 saturated heterocycles. The molecule has 0 radical (unpaired) electrons. The van der Waals surface area contributed by atoms with Gasteiger partial charge in [-0.1, -0.05) is 6.08 Å². The Morgan fingerprint density at radius 1 is 1.60 bits per heavy atom. The minimum Gasteiger partial charge on any atom is -0.269 e. The lowest BCUT2D eigenvalue weighted by Crippen LogP contribution is -2.37. The molecular formula is C9H14N+. The van der Waals surface area contributed by atoms with Crippen LogP contribution in [0.4, 0.5) is 0 Å². The summed E-state index contributed by atoms with van der Waals surface area (Å²) < 4.78 is 0.885. The van der Waals surface area contributed by atoms with Gasteiger partial charge in [0.1, 0.15) is 12.7 Å². The third-order valence-electron chi connectivity index (χ3n) is 2.03. The van der Waals surface area contributed by atoms with Gasteiger partial charge in [-0.25, -0.2) is 0 Å². The molecule has 1 aliphatic rings. The van der Waals surface area contributed by atoms with Gasteiger partial charge >= 0.3 is 0 Å². The molecule has 1 aliphatic heterocycles. The molecule has 0 aromatic carbocycles. The standard InChI is InChI=1S/C9H14N/c1-3-10(4-2)8-6-5-7-9-10/h3,5-8H,1,4,9H2,2H3/q+1. The lowest BCUT2D eigenvalue weighted by molar-refractivity contribution is -0.820. The number of hydrogen-bond donors (Lipinski definition) is 0. The molecule has 54 valence electrons. The van der Waals surface area contributed by atoms with Crippen LogP contribution in [0.2, 0.25) is 0 Å². The zero-order valence-corrected chi connectivity index (χ0v) is 6.46. The van der Waals surface area contributed by atoms with Crippen molar-refractivity contribution in [1.82, 2.24) is 0 Å². The topological polar surface area (TPSA) is 0 Å². The summed E-state index contributed by atoms with van der Waals surface area (Å²) in [4.78, 5) is 0. The highest BCUT2D eigenvalue weighted by molar-refractivity contribution is 5.04. The highest BCUT2D eigenvalue weighted by Crippen LogP contribution is 2.12. The first kappa shape index (κ1) is 7.29. The van der Waals surface area contributed by atoms with E-state index < -0.39 is 0 Å². The first-order valence-electron chi connectivity index (χ1n) is 3.67. The number of likely N-dealkylation sites (N-methyl/N-ethyl adjacent to an activating group) is 1. The van der Waals surface area contributed by atoms with Crippen molar-refractivity contribution in [2.24, 2.45) is 0 Å². The summed E-state index contributed by atoms with van der Waals surface area (Å²) >= 11 is 0. The van der Waals surface area contributed by atoms with Gasteiger partial charge in [-0.15, -0.1) is 0 Å². The average molecular weight is 136 g/mol. The van der Waals surface area contributed by atoms with E-state index in [2.05, 4.69) is 37.9 Å². The molecule has 0 N–H and O–H groups in total. The summed E-state index contributed by atoms with van der Waals surface area (Å²) in [5, 5.41) is 0. The fourth-order valence-corrected chi connectivity index (χ4v) is 1.12. The third-order valence-corrected chi connectivity index (χ3v) is 2.03. The molecule has 1 heteroatoms. The zero-order valence-electron chi connectivity index (χ0n) is 6.46. The molecular weight excluding hydrogens is 122 g/mol. The highest BCUT2D eigenvalue weighted by atomic mass is 15.3. The van der Waals surface area contributed by atoms with Crippen LogP contribution in [0.15, 0.2) is 37.2 Å². The second-order valence-corrected chi connectivity index (χ2v) is 2.55. The van der Waals surface area contributed by atoms with E-state index in [0.29, 0.717) is 0 Å². The van der Waals surface area contributed by atoms with Gasteiger partial charge in [-0.3, -0.25) is 4.48 Å². The third kappa shape index (κ3) is 1.19. The van der Waals surface area contributed by atoms with Crippen molar-refractivity contribution in [3.05, 3.63) is 37.2 Å². The molecule has 1 heterocycles. The predicted molar refractivity (Wildman–Crippen MR) is 44.1 cm³/mol. The SMILES string of the molecule is C=C[N+]1(CC)C=CC=CC1. The fourth-order valence-electron chi connectivity index (χ4n) is 1.12. The number of rotatable bonds is 2. The molecule has 0 aromatic heterocycles. The Balaban J connectivity index is 2.75. The van der Waals surface area contributed by atoms with Gasteiger partial charge in [0.05, 0.1) is 12.7 Å². The van der Waals surface area contributed by atoms with Crippen LogP contribution in [0.25, 0.3) is 0 Å². The molecule has 1 rings (SSSR count). The Kier molecular flexibility index (Phi) is 2.07. The van der Waals surface area contributed by atoms with Crippen molar-refractivity contribution in [2.75, 3.05) is 13.1 Å². The Bertz CT molecular complexity index is 179. The lowest BCUT2D eigenvalue weighted by Gasteiger charge is -2.29. The van der Waals surface area contributed by atoms with E-state index in [1.807, 2.05) is 6.20 Å². The smallest absolute Gasteiger partial charge is 0.106 e. The van der Waals surface area contributed by atoms with Crippen LogP contribution in [-0.4, -0.2) is 17.6 Å². The number of nitrogens with zero attached hydrogens (tertiary/aromatic N) is 1. The highest BCUT2D eigenvalue weighted by Gasteiger charge is 2.17. The van der Waals surface area contributed by atoms with Crippen LogP contribution in [0, 0.1) is 0 Å². The summed E-state index contributed by atoms with van der Waals surface area (Å²) in [6.45, 7) is 8.13. The molecule has 0 fully saturated rings. The number of allylic oxidation sites excluding steroid dienone is 2. The van der Waals surface area contributed by atoms with Crippen molar-refractivity contribution in [1.29, 1.82) is 0 Å². The van der Waals surface area contributed by atoms with Crippen molar-refractivity contribution in [2.45, 2.75) is 6.92 Å². The van der Waals surface area contributed by atoms with Crippen LogP contribution in [0.3, 0.4) is 0 Å². The van der Waals surface area contributed by atoms with Crippen LogP contribution in [0.5, 0.6) is 0 Å². The molecule has 1 unspecified atom stereocenters. The molecule has 1 atom stereocenters. The summed E-state index contributed by atoms with van der Waals surface area (Å²) in [5.74, 6) is 0. The summed E-state index contributed by atoms with van der Waals surface area (Å²) in [5.41, 5.74) is 0. The lowest BCUT2D eigenvalue weighted by atomic mass is 10.3. The molecule has 1 nitrogen and oxygen atoms in total. The van der Waals surface area contributed by atoms with Crippen molar-refractivity contribution in [3.63, 3.8) is 0 Å². The van der Waals surface area contributed by atoms with E-state index in [9.17, 15) is 0 Å². The van der Waals surface area contributed by atoms with E-state index >= 15 is 0 Å². The first-order chi connectivity index (χ1) is 4.83. The van der Waals surface area contributed by atoms with Crippen LogP contribution in [-0.2, 0) is 0 Å². The minimum atomic E-state index is 0.885. The van der Waals surface area contributed by atoms with Crippen LogP contribution in [0.1, 0.15) is 6.92 Å². The van der Waals surface area contributed by atoms with E-state index in [-0.39, 0.29) is 0 Å². The van der Waals surface area contributed by atoms with Gasteiger partial charge in [0.25, 0.3) is 0 Å². The number of hydrogen-bond acceptors (Lipinski definition) is 0. The van der Waals surface area contributed by atoms with Gasteiger partial charge in [-0.05, 0) is 25.7 Å². The molecule has 10 heavy (non-hydrogen) atoms. The maximum absolute atomic E-state index is 3.81. The second-order valence-electron chi connectivity index (χ2n) is 2.55. The summed E-state index contributed by atoms with van der Waals surface area (Å²) in [6.07, 6.45) is 10.5. The molecule has 0 bridgehead atoms. The quantitative estimate of drug-likeness (QED) is 0.510. The van der Waals surface area contributed by atoms with E-state index in [0.717, 1.165) is 17.6 Å². The van der Waals surface area contributed by atoms with E-state index in [1.165, 1.54) is 0 Å². The van der Waals surface area contributed by atoms with Gasteiger partial charge < -0.3 is 0 Å². The van der Waals surface area contributed by atoms with Crippen LogP contribution < -0.4 is 0 Å². The monoisotopic (exact) mass is 136 g/mol. The molecule has 0 spiro atoms. The number of quaternary nitrogens is 1. The van der Waals surface area contributed by atoms with Gasteiger partial charge in [-0.2, -0.15) is 0 Å². The molecule has 0 saturated carbocycles. The first-order valence-corrected chi connectivity index (χ1v) is 3.67. The normalized spacial score (nSPS) is 30.5. The Morgan fingerprint density at radius 2 is 2.40 bits per heavy atom. The molecule has 0 aliphatic carbocycles. The van der Waals surface area contributed by atoms with Crippen molar-refractivity contribution >= 4 is 0 Å². The Labute approximate surface area is 62.6 Å². The van der Waals surface area contributed by atoms with Crippen molar-refractivity contribution in [3.8, 4) is 0 Å². The maximum atomic E-state index is 3.81.